The van der Waals surface area contributed by atoms with Gasteiger partial charge in [0.1, 0.15) is 0 Å². The molecule has 4 rings (SSSR count). The first-order chi connectivity index (χ1) is 15.0. The fraction of sp³-hybridized carbons (Fsp3) is 0.310. The summed E-state index contributed by atoms with van der Waals surface area (Å²) in [6.07, 6.45) is 6.79. The zero-order valence-electron chi connectivity index (χ0n) is 19.4. The summed E-state index contributed by atoms with van der Waals surface area (Å²) in [5.41, 5.74) is 10.8. The van der Waals surface area contributed by atoms with Crippen molar-refractivity contribution in [2.24, 2.45) is 0 Å². The first-order valence-corrected chi connectivity index (χ1v) is 11.5. The highest BCUT2D eigenvalue weighted by atomic mass is 15.2. The van der Waals surface area contributed by atoms with Crippen molar-refractivity contribution in [1.29, 1.82) is 0 Å². The number of hydrogen-bond donors (Lipinski definition) is 1. The van der Waals surface area contributed by atoms with Crippen molar-refractivity contribution in [2.75, 3.05) is 7.05 Å². The van der Waals surface area contributed by atoms with Gasteiger partial charge < -0.3 is 10.2 Å². The Bertz CT molecular complexity index is 1050. The first-order valence-electron chi connectivity index (χ1n) is 11.5. The smallest absolute Gasteiger partial charge is 0.0645 e. The number of rotatable bonds is 3. The molecular weight excluding hydrogens is 376 g/mol. The summed E-state index contributed by atoms with van der Waals surface area (Å²) < 4.78 is 0. The normalized spacial score (nSPS) is 24.9. The van der Waals surface area contributed by atoms with Crippen LogP contribution in [0.1, 0.15) is 51.7 Å². The van der Waals surface area contributed by atoms with Gasteiger partial charge in [0, 0.05) is 25.6 Å². The van der Waals surface area contributed by atoms with Crippen molar-refractivity contribution in [3.05, 3.63) is 106 Å². The molecule has 2 heteroatoms. The van der Waals surface area contributed by atoms with Crippen molar-refractivity contribution in [1.82, 2.24) is 10.2 Å². The molecule has 2 atom stereocenters. The second-order valence-electron chi connectivity index (χ2n) is 8.80. The average molecular weight is 411 g/mol. The molecule has 0 saturated carbocycles. The van der Waals surface area contributed by atoms with Crippen LogP contribution < -0.4 is 5.32 Å². The summed E-state index contributed by atoms with van der Waals surface area (Å²) in [6.45, 7) is 9.07. The maximum Gasteiger partial charge on any atom is 0.0645 e. The highest BCUT2D eigenvalue weighted by molar-refractivity contribution is 5.86. The first kappa shape index (κ1) is 21.2. The molecule has 0 amide bonds. The molecule has 0 radical (unpaired) electrons. The number of hydrogen-bond acceptors (Lipinski definition) is 2. The number of benzene rings is 2. The Labute approximate surface area is 187 Å². The van der Waals surface area contributed by atoms with Gasteiger partial charge in [-0.1, -0.05) is 79.7 Å². The summed E-state index contributed by atoms with van der Waals surface area (Å²) in [5.74, 6) is 0. The van der Waals surface area contributed by atoms with Crippen LogP contribution >= 0.6 is 0 Å². The van der Waals surface area contributed by atoms with Crippen molar-refractivity contribution in [3.63, 3.8) is 0 Å². The predicted octanol–water partition coefficient (Wildman–Crippen LogP) is 6.81. The topological polar surface area (TPSA) is 15.3 Å². The minimum atomic E-state index is 0.260. The lowest BCUT2D eigenvalue weighted by Crippen LogP contribution is -2.38. The van der Waals surface area contributed by atoms with Gasteiger partial charge in [-0.15, -0.1) is 0 Å². The van der Waals surface area contributed by atoms with Gasteiger partial charge in [-0.3, -0.25) is 0 Å². The monoisotopic (exact) mass is 410 g/mol. The van der Waals surface area contributed by atoms with Gasteiger partial charge in [-0.25, -0.2) is 0 Å². The Morgan fingerprint density at radius 2 is 1.55 bits per heavy atom. The van der Waals surface area contributed by atoms with Crippen LogP contribution in [0.4, 0.5) is 0 Å². The van der Waals surface area contributed by atoms with Crippen LogP contribution in [0.5, 0.6) is 0 Å². The molecular formula is C29H34N2. The molecule has 0 bridgehead atoms. The molecule has 160 valence electrons. The van der Waals surface area contributed by atoms with Crippen LogP contribution in [0.2, 0.25) is 0 Å². The standard InChI is InChI=1S/C29H34N2/c1-6-20(2)28-29-27(19-25(17-21(3)30-28)23-13-9-7-10-14-23)26(18-22(4)31(29)5)24-15-11-8-12-16-24/h7-18,21-22,30H,6,19H2,1-5H3/b25-17+,28-20+. The van der Waals surface area contributed by atoms with E-state index in [1.54, 1.807) is 0 Å². The van der Waals surface area contributed by atoms with E-state index in [-0.39, 0.29) is 6.04 Å². The Hall–Kier alpha value is -3.00. The third-order valence-electron chi connectivity index (χ3n) is 6.60. The lowest BCUT2D eigenvalue weighted by atomic mass is 9.82. The SMILES string of the molecule is CC/C(C)=C1/NC(C)/C=C(/c2ccccc2)CC2=C1N(C)C(C)C=C2c1ccccc1. The molecule has 2 heterocycles. The van der Waals surface area contributed by atoms with E-state index in [1.807, 2.05) is 0 Å². The molecule has 0 aliphatic carbocycles. The van der Waals surface area contributed by atoms with Gasteiger partial charge in [0.15, 0.2) is 0 Å². The van der Waals surface area contributed by atoms with E-state index in [0.717, 1.165) is 12.8 Å². The molecule has 0 fully saturated rings. The summed E-state index contributed by atoms with van der Waals surface area (Å²) >= 11 is 0. The third kappa shape index (κ3) is 4.25. The molecule has 2 aromatic carbocycles. The molecule has 2 aromatic rings. The van der Waals surface area contributed by atoms with Crippen molar-refractivity contribution in [3.8, 4) is 0 Å². The number of allylic oxidation sites excluding steroid dienone is 4. The third-order valence-corrected chi connectivity index (χ3v) is 6.60. The van der Waals surface area contributed by atoms with E-state index in [4.69, 9.17) is 0 Å². The maximum absolute atomic E-state index is 3.87. The minimum Gasteiger partial charge on any atom is -0.377 e. The zero-order chi connectivity index (χ0) is 22.0. The average Bonchev–Trinajstić information content (AvgIpc) is 2.79. The molecule has 2 aliphatic heterocycles. The van der Waals surface area contributed by atoms with E-state index in [0.29, 0.717) is 6.04 Å². The molecule has 31 heavy (non-hydrogen) atoms. The van der Waals surface area contributed by atoms with E-state index < -0.39 is 0 Å². The summed E-state index contributed by atoms with van der Waals surface area (Å²) in [4.78, 5) is 2.45. The Morgan fingerprint density at radius 3 is 2.16 bits per heavy atom. The van der Waals surface area contributed by atoms with Gasteiger partial charge >= 0.3 is 0 Å². The van der Waals surface area contributed by atoms with Crippen LogP contribution in [0.15, 0.2) is 95.4 Å². The van der Waals surface area contributed by atoms with Crippen LogP contribution in [0, 0.1) is 0 Å². The van der Waals surface area contributed by atoms with E-state index in [9.17, 15) is 0 Å². The summed E-state index contributed by atoms with van der Waals surface area (Å²) in [6, 6.07) is 22.3. The molecule has 2 nitrogen and oxygen atoms in total. The number of nitrogens with zero attached hydrogens (tertiary/aromatic N) is 1. The molecule has 0 aromatic heterocycles. The van der Waals surface area contributed by atoms with Gasteiger partial charge in [0.05, 0.1) is 11.4 Å². The quantitative estimate of drug-likeness (QED) is 0.598. The second kappa shape index (κ2) is 9.01. The fourth-order valence-electron chi connectivity index (χ4n) is 4.63. The molecule has 1 N–H and O–H groups in total. The number of likely N-dealkylation sites (N-methyl/N-ethyl adjacent to an activating group) is 1. The largest absolute Gasteiger partial charge is 0.377 e. The van der Waals surface area contributed by atoms with E-state index in [2.05, 4.69) is 118 Å². The fourth-order valence-corrected chi connectivity index (χ4v) is 4.63. The Kier molecular flexibility index (Phi) is 6.18. The minimum absolute atomic E-state index is 0.260. The maximum atomic E-state index is 3.87. The van der Waals surface area contributed by atoms with Crippen molar-refractivity contribution < 1.29 is 0 Å². The van der Waals surface area contributed by atoms with Crippen LogP contribution in [0.25, 0.3) is 11.1 Å². The van der Waals surface area contributed by atoms with Gasteiger partial charge in [0.25, 0.3) is 0 Å². The lowest BCUT2D eigenvalue weighted by molar-refractivity contribution is 0.364. The number of nitrogens with one attached hydrogen (secondary N) is 1. The summed E-state index contributed by atoms with van der Waals surface area (Å²) in [5, 5.41) is 3.87. The Morgan fingerprint density at radius 1 is 0.935 bits per heavy atom. The van der Waals surface area contributed by atoms with Gasteiger partial charge in [-0.2, -0.15) is 0 Å². The molecule has 2 aliphatic rings. The summed E-state index contributed by atoms with van der Waals surface area (Å²) in [7, 11) is 2.24. The van der Waals surface area contributed by atoms with E-state index in [1.165, 1.54) is 44.8 Å². The second-order valence-corrected chi connectivity index (χ2v) is 8.80. The highest BCUT2D eigenvalue weighted by Crippen LogP contribution is 2.42. The molecule has 2 unspecified atom stereocenters. The van der Waals surface area contributed by atoms with Gasteiger partial charge in [-0.05, 0) is 60.6 Å². The molecule has 0 spiro atoms. The lowest BCUT2D eigenvalue weighted by Gasteiger charge is -2.39. The predicted molar refractivity (Wildman–Crippen MR) is 133 cm³/mol. The van der Waals surface area contributed by atoms with Crippen LogP contribution in [-0.4, -0.2) is 24.0 Å². The van der Waals surface area contributed by atoms with Crippen LogP contribution in [0.3, 0.4) is 0 Å². The van der Waals surface area contributed by atoms with E-state index >= 15 is 0 Å². The Balaban J connectivity index is 1.96. The highest BCUT2D eigenvalue weighted by Gasteiger charge is 2.30. The van der Waals surface area contributed by atoms with Crippen LogP contribution in [-0.2, 0) is 0 Å². The van der Waals surface area contributed by atoms with Crippen molar-refractivity contribution >= 4 is 11.1 Å². The zero-order valence-corrected chi connectivity index (χ0v) is 19.4. The molecule has 0 saturated heterocycles. The van der Waals surface area contributed by atoms with Crippen molar-refractivity contribution in [2.45, 2.75) is 52.6 Å². The van der Waals surface area contributed by atoms with Gasteiger partial charge in [0.2, 0.25) is 0 Å².